The van der Waals surface area contributed by atoms with E-state index in [0.29, 0.717) is 6.20 Å². The topological polar surface area (TPSA) is 109 Å². The molecule has 0 saturated heterocycles. The van der Waals surface area contributed by atoms with E-state index >= 15 is 0 Å². The van der Waals surface area contributed by atoms with Crippen LogP contribution in [0.5, 0.6) is 28.7 Å². The van der Waals surface area contributed by atoms with Crippen molar-refractivity contribution in [3.8, 4) is 28.7 Å². The molecule has 0 aliphatic carbocycles. The van der Waals surface area contributed by atoms with Crippen molar-refractivity contribution >= 4 is 17.4 Å². The molecule has 9 nitrogen and oxygen atoms in total. The smallest absolute Gasteiger partial charge is 0.493 e. The normalized spacial score (nSPS) is 11.5. The predicted molar refractivity (Wildman–Crippen MR) is 122 cm³/mol. The molecule has 39 heavy (non-hydrogen) atoms. The highest BCUT2D eigenvalue weighted by molar-refractivity contribution is 6.08. The second-order valence-corrected chi connectivity index (χ2v) is 7.51. The Kier molecular flexibility index (Phi) is 8.51. The highest BCUT2D eigenvalue weighted by Crippen LogP contribution is 2.43. The zero-order valence-electron chi connectivity index (χ0n) is 20.4. The predicted octanol–water partition coefficient (Wildman–Crippen LogP) is 6.05. The van der Waals surface area contributed by atoms with Gasteiger partial charge in [0.2, 0.25) is 0 Å². The first-order valence-corrected chi connectivity index (χ1v) is 10.9. The van der Waals surface area contributed by atoms with Crippen LogP contribution >= 0.6 is 0 Å². The van der Waals surface area contributed by atoms with Crippen LogP contribution in [0.3, 0.4) is 0 Å². The van der Waals surface area contributed by atoms with Gasteiger partial charge in [0.25, 0.3) is 5.91 Å². The number of aromatic nitrogens is 2. The van der Waals surface area contributed by atoms with E-state index in [1.54, 1.807) is 0 Å². The molecule has 0 aliphatic heterocycles. The Labute approximate surface area is 216 Å². The maximum absolute atomic E-state index is 13.8. The highest BCUT2D eigenvalue weighted by atomic mass is 19.4. The Bertz CT molecular complexity index is 1380. The molecule has 3 rings (SSSR count). The molecule has 0 bridgehead atoms. The lowest BCUT2D eigenvalue weighted by molar-refractivity contribution is -0.274. The van der Waals surface area contributed by atoms with Crippen LogP contribution in [0.15, 0.2) is 42.7 Å². The third kappa shape index (κ3) is 7.27. The summed E-state index contributed by atoms with van der Waals surface area (Å²) in [5, 5.41) is 2.36. The van der Waals surface area contributed by atoms with E-state index in [4.69, 9.17) is 14.2 Å². The van der Waals surface area contributed by atoms with Crippen molar-refractivity contribution in [2.24, 2.45) is 0 Å². The summed E-state index contributed by atoms with van der Waals surface area (Å²) in [4.78, 5) is 32.1. The van der Waals surface area contributed by atoms with Crippen molar-refractivity contribution in [3.63, 3.8) is 0 Å². The summed E-state index contributed by atoms with van der Waals surface area (Å²) in [5.74, 6) is -4.33. The number of rotatable bonds is 9. The lowest BCUT2D eigenvalue weighted by Gasteiger charge is -2.20. The van der Waals surface area contributed by atoms with Crippen molar-refractivity contribution in [1.82, 2.24) is 9.97 Å². The Balaban J connectivity index is 2.13. The van der Waals surface area contributed by atoms with Crippen molar-refractivity contribution < 1.29 is 54.9 Å². The van der Waals surface area contributed by atoms with Gasteiger partial charge in [0.15, 0.2) is 34.5 Å². The monoisotopic (exact) mass is 559 g/mol. The van der Waals surface area contributed by atoms with Crippen LogP contribution in [0, 0.1) is 0 Å². The molecule has 0 fully saturated rings. The molecule has 15 heteroatoms. The Morgan fingerprint density at radius 2 is 1.69 bits per heavy atom. The van der Waals surface area contributed by atoms with E-state index < -0.39 is 52.7 Å². The highest BCUT2D eigenvalue weighted by Gasteiger charge is 2.40. The third-order valence-corrected chi connectivity index (χ3v) is 4.75. The van der Waals surface area contributed by atoms with Gasteiger partial charge in [-0.15, -0.1) is 13.2 Å². The fourth-order valence-corrected chi connectivity index (χ4v) is 3.20. The summed E-state index contributed by atoms with van der Waals surface area (Å²) >= 11 is 0. The van der Waals surface area contributed by atoms with Gasteiger partial charge in [-0.05, 0) is 31.2 Å². The molecule has 0 unspecified atom stereocenters. The molecule has 0 radical (unpaired) electrons. The van der Waals surface area contributed by atoms with Gasteiger partial charge in [-0.3, -0.25) is 14.6 Å². The molecular formula is C24H19F6N3O6. The summed E-state index contributed by atoms with van der Waals surface area (Å²) in [6.07, 6.45) is -8.23. The van der Waals surface area contributed by atoms with Crippen molar-refractivity contribution in [1.29, 1.82) is 0 Å². The van der Waals surface area contributed by atoms with E-state index in [0.717, 1.165) is 25.3 Å². The minimum absolute atomic E-state index is 0.0187. The van der Waals surface area contributed by atoms with E-state index in [1.165, 1.54) is 32.2 Å². The molecule has 0 atom stereocenters. The van der Waals surface area contributed by atoms with E-state index in [-0.39, 0.29) is 29.5 Å². The van der Waals surface area contributed by atoms with Crippen LogP contribution in [0.25, 0.3) is 0 Å². The molecule has 2 aromatic heterocycles. The van der Waals surface area contributed by atoms with E-state index in [1.807, 2.05) is 0 Å². The van der Waals surface area contributed by atoms with Crippen molar-refractivity contribution in [3.05, 3.63) is 59.7 Å². The number of amides is 1. The number of alkyl halides is 6. The fraction of sp³-hybridized carbons (Fsp3) is 0.250. The minimum Gasteiger partial charge on any atom is -0.493 e. The Morgan fingerprint density at radius 1 is 0.974 bits per heavy atom. The molecule has 3 aromatic rings. The van der Waals surface area contributed by atoms with Crippen molar-refractivity contribution in [2.75, 3.05) is 19.0 Å². The number of ether oxygens (including phenoxy) is 4. The summed E-state index contributed by atoms with van der Waals surface area (Å²) in [7, 11) is 1.10. The number of carbonyl (C=O) groups excluding carboxylic acids is 2. The van der Waals surface area contributed by atoms with Crippen molar-refractivity contribution in [2.45, 2.75) is 26.4 Å². The number of benzene rings is 1. The fourth-order valence-electron chi connectivity index (χ4n) is 3.20. The van der Waals surface area contributed by atoms with Gasteiger partial charge in [0, 0.05) is 24.9 Å². The van der Waals surface area contributed by atoms with Crippen LogP contribution in [0.2, 0.25) is 0 Å². The number of hydrogen-bond acceptors (Lipinski definition) is 8. The number of methoxy groups -OCH3 is 1. The molecule has 1 aromatic carbocycles. The number of nitrogens with zero attached hydrogens (tertiary/aromatic N) is 2. The van der Waals surface area contributed by atoms with Crippen LogP contribution in [-0.4, -0.2) is 41.7 Å². The van der Waals surface area contributed by atoms with E-state index in [9.17, 15) is 35.9 Å². The van der Waals surface area contributed by atoms with Gasteiger partial charge < -0.3 is 24.3 Å². The lowest BCUT2D eigenvalue weighted by atomic mass is 10.1. The van der Waals surface area contributed by atoms with Crippen LogP contribution in [-0.2, 0) is 6.18 Å². The average molecular weight is 559 g/mol. The number of nitrogens with one attached hydrogen (secondary N) is 1. The first kappa shape index (κ1) is 29.0. The molecule has 208 valence electrons. The van der Waals surface area contributed by atoms with Gasteiger partial charge in [-0.1, -0.05) is 0 Å². The second-order valence-electron chi connectivity index (χ2n) is 7.51. The first-order valence-electron chi connectivity index (χ1n) is 10.9. The van der Waals surface area contributed by atoms with Gasteiger partial charge in [-0.25, -0.2) is 4.98 Å². The molecule has 2 heterocycles. The lowest BCUT2D eigenvalue weighted by Crippen LogP contribution is -2.20. The Hall–Kier alpha value is -4.56. The minimum atomic E-state index is -5.04. The average Bonchev–Trinajstić information content (AvgIpc) is 2.83. The number of halogens is 6. The number of carbonyl (C=O) groups is 2. The molecule has 1 amide bonds. The molecule has 0 spiro atoms. The summed E-state index contributed by atoms with van der Waals surface area (Å²) in [5.41, 5.74) is -2.27. The molecule has 1 N–H and O–H groups in total. The number of ketones is 1. The second kappa shape index (κ2) is 11.4. The quantitative estimate of drug-likeness (QED) is 0.249. The standard InChI is InChI=1S/C24H19F6N3O6/c1-4-37-20-19(22(35)33-13-7-8-31-15(9-13)12(2)34)18(11-32-21(20)23(25,26)27)38-16-6-5-14(10-17(16)36-3)39-24(28,29)30/h5-11H,4H2,1-3H3,(H,31,33,35). The van der Waals surface area contributed by atoms with Crippen LogP contribution in [0.4, 0.5) is 32.0 Å². The SMILES string of the molecule is CCOc1c(C(F)(F)F)ncc(Oc2ccc(OC(F)(F)F)cc2OC)c1C(=O)Nc1ccnc(C(C)=O)c1. The van der Waals surface area contributed by atoms with Crippen LogP contribution < -0.4 is 24.3 Å². The third-order valence-electron chi connectivity index (χ3n) is 4.75. The number of Topliss-reactive ketones (excluding diaryl/α,β-unsaturated/α-hetero) is 1. The molecule has 0 saturated carbocycles. The summed E-state index contributed by atoms with van der Waals surface area (Å²) in [6.45, 7) is 2.30. The van der Waals surface area contributed by atoms with E-state index in [2.05, 4.69) is 20.0 Å². The van der Waals surface area contributed by atoms with Gasteiger partial charge in [-0.2, -0.15) is 13.2 Å². The summed E-state index contributed by atoms with van der Waals surface area (Å²) in [6, 6.07) is 5.17. The maximum Gasteiger partial charge on any atom is 0.573 e. The van der Waals surface area contributed by atoms with Crippen LogP contribution in [0.1, 0.15) is 40.4 Å². The van der Waals surface area contributed by atoms with Gasteiger partial charge in [0.1, 0.15) is 17.0 Å². The maximum atomic E-state index is 13.8. The van der Waals surface area contributed by atoms with Gasteiger partial charge in [0.05, 0.1) is 19.9 Å². The molecular weight excluding hydrogens is 540 g/mol. The number of anilines is 1. The number of pyridine rings is 2. The summed E-state index contributed by atoms with van der Waals surface area (Å²) < 4.78 is 98.6. The van der Waals surface area contributed by atoms with Gasteiger partial charge >= 0.3 is 12.5 Å². The number of hydrogen-bond donors (Lipinski definition) is 1. The zero-order valence-corrected chi connectivity index (χ0v) is 20.4. The largest absolute Gasteiger partial charge is 0.573 e. The Morgan fingerprint density at radius 3 is 2.28 bits per heavy atom. The molecule has 0 aliphatic rings. The zero-order chi connectivity index (χ0) is 29.0. The first-order chi connectivity index (χ1) is 18.2.